The monoisotopic (exact) mass is 185 g/mol. The second-order valence-corrected chi connectivity index (χ2v) is 3.12. The van der Waals surface area contributed by atoms with E-state index in [4.69, 9.17) is 22.1 Å². The van der Waals surface area contributed by atoms with E-state index in [1.54, 1.807) is 6.92 Å². The SMILES string of the molecule is CC(Cl)Oc1ccc(CN)cc1. The fourth-order valence-electron chi connectivity index (χ4n) is 0.892. The molecule has 0 radical (unpaired) electrons. The van der Waals surface area contributed by atoms with Gasteiger partial charge in [-0.25, -0.2) is 0 Å². The quantitative estimate of drug-likeness (QED) is 0.733. The van der Waals surface area contributed by atoms with Crippen LogP contribution in [0.25, 0.3) is 0 Å². The second-order valence-electron chi connectivity index (χ2n) is 2.51. The maximum Gasteiger partial charge on any atom is 0.169 e. The molecule has 3 heteroatoms. The van der Waals surface area contributed by atoms with Crippen molar-refractivity contribution in [3.8, 4) is 5.75 Å². The van der Waals surface area contributed by atoms with Crippen molar-refractivity contribution in [3.05, 3.63) is 29.8 Å². The minimum absolute atomic E-state index is 0.297. The molecule has 0 heterocycles. The predicted octanol–water partition coefficient (Wildman–Crippen LogP) is 2.11. The van der Waals surface area contributed by atoms with Gasteiger partial charge < -0.3 is 10.5 Å². The third-order valence-corrected chi connectivity index (χ3v) is 1.55. The summed E-state index contributed by atoms with van der Waals surface area (Å²) in [7, 11) is 0. The molecule has 66 valence electrons. The van der Waals surface area contributed by atoms with Crippen molar-refractivity contribution in [2.75, 3.05) is 0 Å². The average Bonchev–Trinajstić information content (AvgIpc) is 2.05. The van der Waals surface area contributed by atoms with Crippen molar-refractivity contribution < 1.29 is 4.74 Å². The highest BCUT2D eigenvalue weighted by Gasteiger charge is 1.97. The number of hydrogen-bond acceptors (Lipinski definition) is 2. The van der Waals surface area contributed by atoms with Crippen molar-refractivity contribution in [2.24, 2.45) is 5.73 Å². The minimum Gasteiger partial charge on any atom is -0.475 e. The van der Waals surface area contributed by atoms with E-state index in [9.17, 15) is 0 Å². The maximum atomic E-state index is 5.64. The highest BCUT2D eigenvalue weighted by molar-refractivity contribution is 6.19. The van der Waals surface area contributed by atoms with E-state index < -0.39 is 0 Å². The molecule has 0 aliphatic rings. The van der Waals surface area contributed by atoms with Gasteiger partial charge in [0.25, 0.3) is 0 Å². The van der Waals surface area contributed by atoms with E-state index in [1.807, 2.05) is 24.3 Å². The third kappa shape index (κ3) is 2.72. The summed E-state index contributed by atoms with van der Waals surface area (Å²) in [6.45, 7) is 2.33. The predicted molar refractivity (Wildman–Crippen MR) is 50.3 cm³/mol. The summed E-state index contributed by atoms with van der Waals surface area (Å²) < 4.78 is 5.24. The zero-order valence-electron chi connectivity index (χ0n) is 6.96. The van der Waals surface area contributed by atoms with Crippen LogP contribution in [-0.2, 0) is 6.54 Å². The number of rotatable bonds is 3. The fraction of sp³-hybridized carbons (Fsp3) is 0.333. The molecule has 0 saturated heterocycles. The Hall–Kier alpha value is -0.730. The van der Waals surface area contributed by atoms with E-state index in [-0.39, 0.29) is 5.56 Å². The normalized spacial score (nSPS) is 12.6. The standard InChI is InChI=1S/C9H12ClNO/c1-7(10)12-9-4-2-8(6-11)3-5-9/h2-5,7H,6,11H2,1H3. The molecule has 1 rings (SSSR count). The first-order valence-corrected chi connectivity index (χ1v) is 4.25. The van der Waals surface area contributed by atoms with Crippen LogP contribution in [0.3, 0.4) is 0 Å². The van der Waals surface area contributed by atoms with Gasteiger partial charge in [-0.3, -0.25) is 0 Å². The molecule has 1 unspecified atom stereocenters. The van der Waals surface area contributed by atoms with Gasteiger partial charge in [0.1, 0.15) is 5.75 Å². The third-order valence-electron chi connectivity index (χ3n) is 1.46. The summed E-state index contributed by atoms with van der Waals surface area (Å²) in [5.41, 5.74) is 6.22. The molecule has 1 aromatic rings. The topological polar surface area (TPSA) is 35.2 Å². The lowest BCUT2D eigenvalue weighted by molar-refractivity contribution is 0.301. The summed E-state index contributed by atoms with van der Waals surface area (Å²) in [5.74, 6) is 0.773. The highest BCUT2D eigenvalue weighted by Crippen LogP contribution is 2.14. The van der Waals surface area contributed by atoms with Crippen LogP contribution in [-0.4, -0.2) is 5.56 Å². The highest BCUT2D eigenvalue weighted by atomic mass is 35.5. The largest absolute Gasteiger partial charge is 0.475 e. The van der Waals surface area contributed by atoms with Gasteiger partial charge in [0, 0.05) is 6.54 Å². The lowest BCUT2D eigenvalue weighted by Crippen LogP contribution is -2.02. The van der Waals surface area contributed by atoms with E-state index >= 15 is 0 Å². The molecule has 2 N–H and O–H groups in total. The summed E-state index contributed by atoms with van der Waals surface area (Å²) in [6.07, 6.45) is 0. The molecule has 0 fully saturated rings. The maximum absolute atomic E-state index is 5.64. The zero-order valence-corrected chi connectivity index (χ0v) is 7.71. The van der Waals surface area contributed by atoms with E-state index in [0.29, 0.717) is 6.54 Å². The van der Waals surface area contributed by atoms with Crippen molar-refractivity contribution in [2.45, 2.75) is 19.0 Å². The van der Waals surface area contributed by atoms with Crippen LogP contribution in [0.4, 0.5) is 0 Å². The number of alkyl halides is 1. The van der Waals surface area contributed by atoms with Crippen molar-refractivity contribution >= 4 is 11.6 Å². The van der Waals surface area contributed by atoms with Gasteiger partial charge in [0.15, 0.2) is 5.56 Å². The van der Waals surface area contributed by atoms with Gasteiger partial charge >= 0.3 is 0 Å². The molecule has 12 heavy (non-hydrogen) atoms. The van der Waals surface area contributed by atoms with Crippen LogP contribution in [0.15, 0.2) is 24.3 Å². The Bertz CT molecular complexity index is 233. The number of benzene rings is 1. The first-order chi connectivity index (χ1) is 5.72. The number of hydrogen-bond donors (Lipinski definition) is 1. The van der Waals surface area contributed by atoms with E-state index in [0.717, 1.165) is 11.3 Å². The van der Waals surface area contributed by atoms with E-state index in [1.165, 1.54) is 0 Å². The number of nitrogens with two attached hydrogens (primary N) is 1. The molecule has 0 saturated carbocycles. The van der Waals surface area contributed by atoms with Crippen molar-refractivity contribution in [1.29, 1.82) is 0 Å². The van der Waals surface area contributed by atoms with Crippen LogP contribution in [0.1, 0.15) is 12.5 Å². The summed E-state index contributed by atoms with van der Waals surface area (Å²) in [5, 5.41) is 0. The van der Waals surface area contributed by atoms with Crippen LogP contribution < -0.4 is 10.5 Å². The van der Waals surface area contributed by atoms with Gasteiger partial charge in [-0.05, 0) is 24.6 Å². The fourth-order valence-corrected chi connectivity index (χ4v) is 0.994. The van der Waals surface area contributed by atoms with Gasteiger partial charge in [0.2, 0.25) is 0 Å². The number of ether oxygens (including phenoxy) is 1. The Labute approximate surface area is 77.3 Å². The Morgan fingerprint density at radius 3 is 2.42 bits per heavy atom. The first-order valence-electron chi connectivity index (χ1n) is 3.82. The molecular weight excluding hydrogens is 174 g/mol. The zero-order chi connectivity index (χ0) is 8.97. The van der Waals surface area contributed by atoms with Crippen molar-refractivity contribution in [1.82, 2.24) is 0 Å². The lowest BCUT2D eigenvalue weighted by Gasteiger charge is -2.07. The van der Waals surface area contributed by atoms with Gasteiger partial charge in [-0.1, -0.05) is 23.7 Å². The van der Waals surface area contributed by atoms with Crippen LogP contribution in [0, 0.1) is 0 Å². The van der Waals surface area contributed by atoms with Gasteiger partial charge in [-0.2, -0.15) is 0 Å². The Morgan fingerprint density at radius 1 is 1.42 bits per heavy atom. The Morgan fingerprint density at radius 2 is 2.00 bits per heavy atom. The molecular formula is C9H12ClNO. The molecule has 0 aliphatic heterocycles. The molecule has 1 aromatic carbocycles. The molecule has 0 amide bonds. The molecule has 0 spiro atoms. The van der Waals surface area contributed by atoms with Gasteiger partial charge in [0.05, 0.1) is 0 Å². The first kappa shape index (κ1) is 9.36. The second kappa shape index (κ2) is 4.33. The Balaban J connectivity index is 2.65. The summed E-state index contributed by atoms with van der Waals surface area (Å²) >= 11 is 5.64. The van der Waals surface area contributed by atoms with E-state index in [2.05, 4.69) is 0 Å². The van der Waals surface area contributed by atoms with Crippen molar-refractivity contribution in [3.63, 3.8) is 0 Å². The average molecular weight is 186 g/mol. The minimum atomic E-state index is -0.297. The van der Waals surface area contributed by atoms with Gasteiger partial charge in [-0.15, -0.1) is 0 Å². The summed E-state index contributed by atoms with van der Waals surface area (Å²) in [4.78, 5) is 0. The number of halogens is 1. The molecule has 2 nitrogen and oxygen atoms in total. The lowest BCUT2D eigenvalue weighted by atomic mass is 10.2. The van der Waals surface area contributed by atoms with Crippen LogP contribution >= 0.6 is 11.6 Å². The molecule has 0 aromatic heterocycles. The van der Waals surface area contributed by atoms with Crippen LogP contribution in [0.2, 0.25) is 0 Å². The Kier molecular flexibility index (Phi) is 3.38. The van der Waals surface area contributed by atoms with Crippen LogP contribution in [0.5, 0.6) is 5.75 Å². The molecule has 0 aliphatic carbocycles. The molecule has 0 bridgehead atoms. The smallest absolute Gasteiger partial charge is 0.169 e. The summed E-state index contributed by atoms with van der Waals surface area (Å²) in [6, 6.07) is 7.57. The molecule has 1 atom stereocenters.